The Morgan fingerprint density at radius 1 is 1.00 bits per heavy atom. The molecule has 0 atom stereocenters. The monoisotopic (exact) mass is 212 g/mol. The van der Waals surface area contributed by atoms with E-state index in [0.29, 0.717) is 24.3 Å². The zero-order valence-corrected chi connectivity index (χ0v) is 9.55. The summed E-state index contributed by atoms with van der Waals surface area (Å²) in [4.78, 5) is 11.7. The van der Waals surface area contributed by atoms with E-state index in [-0.39, 0.29) is 17.3 Å². The Balaban J connectivity index is 3.25. The molecule has 1 rings (SSSR count). The Morgan fingerprint density at radius 2 is 1.40 bits per heavy atom. The van der Waals surface area contributed by atoms with Gasteiger partial charge in [-0.05, 0) is 27.7 Å². The molecular weight excluding hydrogens is 196 g/mol. The zero-order valence-electron chi connectivity index (χ0n) is 9.55. The van der Waals surface area contributed by atoms with Gasteiger partial charge in [-0.1, -0.05) is 0 Å². The van der Waals surface area contributed by atoms with Gasteiger partial charge in [0, 0.05) is 0 Å². The van der Waals surface area contributed by atoms with Gasteiger partial charge in [-0.15, -0.1) is 0 Å². The average Bonchev–Trinajstić information content (AvgIpc) is 2.22. The van der Waals surface area contributed by atoms with E-state index < -0.39 is 0 Å². The Bertz CT molecular complexity index is 359. The summed E-state index contributed by atoms with van der Waals surface area (Å²) in [6.45, 7) is 7.94. The second-order valence-electron chi connectivity index (χ2n) is 3.12. The average molecular weight is 212 g/mol. The highest BCUT2D eigenvalue weighted by Crippen LogP contribution is 2.24. The fourth-order valence-corrected chi connectivity index (χ4v) is 1.24. The summed E-state index contributed by atoms with van der Waals surface area (Å²) in [7, 11) is 0. The van der Waals surface area contributed by atoms with E-state index in [2.05, 4.69) is 0 Å². The van der Waals surface area contributed by atoms with Crippen molar-refractivity contribution < 1.29 is 13.9 Å². The maximum Gasteiger partial charge on any atom is 0.294 e. The first kappa shape index (κ1) is 11.6. The number of rotatable bonds is 4. The fraction of sp³-hybridized carbons (Fsp3) is 0.545. The molecule has 0 aromatic carbocycles. The normalized spacial score (nSPS) is 10.1. The first-order valence-electron chi connectivity index (χ1n) is 5.01. The standard InChI is InChI=1S/C11H16O4/c1-5-13-10-7(3)9(12)8(4)11(15-10)14-6-2/h5-6H2,1-4H3. The summed E-state index contributed by atoms with van der Waals surface area (Å²) in [5, 5.41) is 0. The fourth-order valence-electron chi connectivity index (χ4n) is 1.24. The van der Waals surface area contributed by atoms with E-state index in [9.17, 15) is 4.79 Å². The molecule has 0 N–H and O–H groups in total. The minimum Gasteiger partial charge on any atom is -0.465 e. The van der Waals surface area contributed by atoms with Crippen LogP contribution in [0.2, 0.25) is 0 Å². The van der Waals surface area contributed by atoms with E-state index in [4.69, 9.17) is 13.9 Å². The maximum absolute atomic E-state index is 11.7. The van der Waals surface area contributed by atoms with Gasteiger partial charge in [-0.2, -0.15) is 0 Å². The second-order valence-corrected chi connectivity index (χ2v) is 3.12. The molecule has 0 aliphatic rings. The highest BCUT2D eigenvalue weighted by atomic mass is 16.6. The molecule has 0 aliphatic heterocycles. The van der Waals surface area contributed by atoms with Crippen LogP contribution in [0, 0.1) is 13.8 Å². The van der Waals surface area contributed by atoms with Crippen LogP contribution in [0.15, 0.2) is 9.21 Å². The molecule has 0 unspecified atom stereocenters. The van der Waals surface area contributed by atoms with Crippen LogP contribution in [-0.2, 0) is 0 Å². The van der Waals surface area contributed by atoms with Gasteiger partial charge in [0.05, 0.1) is 24.3 Å². The summed E-state index contributed by atoms with van der Waals surface area (Å²) < 4.78 is 15.8. The number of hydrogen-bond donors (Lipinski definition) is 0. The van der Waals surface area contributed by atoms with Gasteiger partial charge in [-0.25, -0.2) is 0 Å². The number of ether oxygens (including phenoxy) is 2. The summed E-state index contributed by atoms with van der Waals surface area (Å²) >= 11 is 0. The second kappa shape index (κ2) is 4.87. The SMILES string of the molecule is CCOc1oc(OCC)c(C)c(=O)c1C. The predicted molar refractivity (Wildman–Crippen MR) is 56.8 cm³/mol. The molecule has 15 heavy (non-hydrogen) atoms. The molecule has 0 saturated carbocycles. The summed E-state index contributed by atoms with van der Waals surface area (Å²) in [5.41, 5.74) is 0.878. The van der Waals surface area contributed by atoms with Crippen LogP contribution in [0.1, 0.15) is 25.0 Å². The molecule has 0 bridgehead atoms. The topological polar surface area (TPSA) is 48.7 Å². The molecule has 0 saturated heterocycles. The van der Waals surface area contributed by atoms with E-state index in [0.717, 1.165) is 0 Å². The van der Waals surface area contributed by atoms with Crippen molar-refractivity contribution in [1.82, 2.24) is 0 Å². The molecule has 0 amide bonds. The molecule has 1 heterocycles. The highest BCUT2D eigenvalue weighted by molar-refractivity contribution is 5.32. The van der Waals surface area contributed by atoms with Crippen molar-refractivity contribution >= 4 is 0 Å². The largest absolute Gasteiger partial charge is 0.465 e. The maximum atomic E-state index is 11.7. The molecule has 4 heteroatoms. The van der Waals surface area contributed by atoms with Crippen molar-refractivity contribution in [2.24, 2.45) is 0 Å². The van der Waals surface area contributed by atoms with E-state index >= 15 is 0 Å². The molecule has 0 fully saturated rings. The lowest BCUT2D eigenvalue weighted by Gasteiger charge is -2.09. The molecular formula is C11H16O4. The smallest absolute Gasteiger partial charge is 0.294 e. The minimum atomic E-state index is -0.0897. The van der Waals surface area contributed by atoms with Crippen LogP contribution in [0.5, 0.6) is 11.9 Å². The molecule has 0 spiro atoms. The van der Waals surface area contributed by atoms with Gasteiger partial charge in [0.1, 0.15) is 0 Å². The zero-order chi connectivity index (χ0) is 11.4. The molecule has 1 aromatic heterocycles. The van der Waals surface area contributed by atoms with Gasteiger partial charge in [0.2, 0.25) is 0 Å². The van der Waals surface area contributed by atoms with Crippen LogP contribution in [0.4, 0.5) is 0 Å². The summed E-state index contributed by atoms with van der Waals surface area (Å²) in [5.74, 6) is 0.494. The summed E-state index contributed by atoms with van der Waals surface area (Å²) in [6, 6.07) is 0. The van der Waals surface area contributed by atoms with Gasteiger partial charge in [0.25, 0.3) is 11.9 Å². The Kier molecular flexibility index (Phi) is 3.77. The Labute approximate surface area is 88.8 Å². The van der Waals surface area contributed by atoms with Crippen molar-refractivity contribution in [2.75, 3.05) is 13.2 Å². The number of hydrogen-bond acceptors (Lipinski definition) is 4. The van der Waals surface area contributed by atoms with Crippen molar-refractivity contribution in [3.05, 3.63) is 21.4 Å². The van der Waals surface area contributed by atoms with Crippen molar-refractivity contribution in [1.29, 1.82) is 0 Å². The van der Waals surface area contributed by atoms with Crippen LogP contribution >= 0.6 is 0 Å². The van der Waals surface area contributed by atoms with Gasteiger partial charge in [0.15, 0.2) is 5.43 Å². The Hall–Kier alpha value is -1.45. The van der Waals surface area contributed by atoms with Crippen molar-refractivity contribution in [3.8, 4) is 11.9 Å². The molecule has 84 valence electrons. The van der Waals surface area contributed by atoms with Crippen LogP contribution in [-0.4, -0.2) is 13.2 Å². The lowest BCUT2D eigenvalue weighted by molar-refractivity contribution is 0.188. The minimum absolute atomic E-state index is 0.0897. The summed E-state index contributed by atoms with van der Waals surface area (Å²) in [6.07, 6.45) is 0. The van der Waals surface area contributed by atoms with Crippen LogP contribution < -0.4 is 14.9 Å². The molecule has 1 aromatic rings. The van der Waals surface area contributed by atoms with Gasteiger partial charge >= 0.3 is 0 Å². The lowest BCUT2D eigenvalue weighted by Crippen LogP contribution is -2.13. The molecule has 0 radical (unpaired) electrons. The quantitative estimate of drug-likeness (QED) is 0.766. The molecule has 0 aliphatic carbocycles. The third-order valence-electron chi connectivity index (χ3n) is 2.03. The van der Waals surface area contributed by atoms with Crippen LogP contribution in [0.25, 0.3) is 0 Å². The molecule has 4 nitrogen and oxygen atoms in total. The third-order valence-corrected chi connectivity index (χ3v) is 2.03. The van der Waals surface area contributed by atoms with E-state index in [1.807, 2.05) is 13.8 Å². The van der Waals surface area contributed by atoms with Crippen molar-refractivity contribution in [2.45, 2.75) is 27.7 Å². The van der Waals surface area contributed by atoms with Crippen molar-refractivity contribution in [3.63, 3.8) is 0 Å². The lowest BCUT2D eigenvalue weighted by atomic mass is 10.2. The van der Waals surface area contributed by atoms with Gasteiger partial charge < -0.3 is 13.9 Å². The van der Waals surface area contributed by atoms with E-state index in [1.165, 1.54) is 0 Å². The van der Waals surface area contributed by atoms with Crippen LogP contribution in [0.3, 0.4) is 0 Å². The van der Waals surface area contributed by atoms with E-state index in [1.54, 1.807) is 13.8 Å². The third kappa shape index (κ3) is 2.32. The predicted octanol–water partition coefficient (Wildman–Crippen LogP) is 2.05. The first-order valence-corrected chi connectivity index (χ1v) is 5.01. The highest BCUT2D eigenvalue weighted by Gasteiger charge is 2.14. The Morgan fingerprint density at radius 3 is 1.73 bits per heavy atom. The first-order chi connectivity index (χ1) is 7.11. The van der Waals surface area contributed by atoms with Gasteiger partial charge in [-0.3, -0.25) is 4.79 Å².